The molecule has 0 aromatic carbocycles. The second-order valence-corrected chi connectivity index (χ2v) is 4.80. The van der Waals surface area contributed by atoms with E-state index in [9.17, 15) is 0 Å². The Bertz CT molecular complexity index is 232. The highest BCUT2D eigenvalue weighted by molar-refractivity contribution is 5.15. The van der Waals surface area contributed by atoms with Crippen LogP contribution in [0.1, 0.15) is 39.5 Å². The van der Waals surface area contributed by atoms with E-state index in [-0.39, 0.29) is 0 Å². The first-order valence-electron chi connectivity index (χ1n) is 5.63. The molecule has 0 saturated heterocycles. The minimum absolute atomic E-state index is 0.770. The van der Waals surface area contributed by atoms with Crippen molar-refractivity contribution in [3.63, 3.8) is 0 Å². The van der Waals surface area contributed by atoms with Crippen LogP contribution >= 0.6 is 0 Å². The average Bonchev–Trinajstić information content (AvgIpc) is 2.17. The van der Waals surface area contributed by atoms with Gasteiger partial charge >= 0.3 is 0 Å². The summed E-state index contributed by atoms with van der Waals surface area (Å²) in [5.41, 5.74) is 1.71. The molecule has 2 unspecified atom stereocenters. The van der Waals surface area contributed by atoms with Crippen LogP contribution in [-0.4, -0.2) is 0 Å². The van der Waals surface area contributed by atoms with Crippen LogP contribution in [-0.2, 0) is 0 Å². The van der Waals surface area contributed by atoms with Gasteiger partial charge in [0.05, 0.1) is 0 Å². The van der Waals surface area contributed by atoms with Gasteiger partial charge in [-0.1, -0.05) is 37.6 Å². The minimum atomic E-state index is 0.770. The smallest absolute Gasteiger partial charge is 0.0165 e. The number of fused-ring (bicyclic) bond motifs is 1. The van der Waals surface area contributed by atoms with Crippen LogP contribution in [0.3, 0.4) is 0 Å². The van der Waals surface area contributed by atoms with Crippen LogP contribution in [0.15, 0.2) is 23.8 Å². The molecule has 0 nitrogen and oxygen atoms in total. The second-order valence-electron chi connectivity index (χ2n) is 4.80. The SMILES string of the molecule is CC(C)C1=CC2CC=CCC2CC1. The summed E-state index contributed by atoms with van der Waals surface area (Å²) in [4.78, 5) is 0. The first-order valence-corrected chi connectivity index (χ1v) is 5.63. The first kappa shape index (κ1) is 9.05. The molecular formula is C13H20. The summed E-state index contributed by atoms with van der Waals surface area (Å²) < 4.78 is 0. The van der Waals surface area contributed by atoms with Crippen molar-refractivity contribution in [1.82, 2.24) is 0 Å². The van der Waals surface area contributed by atoms with E-state index >= 15 is 0 Å². The Labute approximate surface area is 81.7 Å². The lowest BCUT2D eigenvalue weighted by Crippen LogP contribution is -2.20. The summed E-state index contributed by atoms with van der Waals surface area (Å²) in [6, 6.07) is 0. The van der Waals surface area contributed by atoms with Crippen molar-refractivity contribution >= 4 is 0 Å². The first-order chi connectivity index (χ1) is 6.27. The van der Waals surface area contributed by atoms with Crippen molar-refractivity contribution in [3.8, 4) is 0 Å². The third kappa shape index (κ3) is 1.87. The zero-order chi connectivity index (χ0) is 9.26. The fourth-order valence-electron chi connectivity index (χ4n) is 2.62. The van der Waals surface area contributed by atoms with Crippen molar-refractivity contribution in [2.24, 2.45) is 17.8 Å². The van der Waals surface area contributed by atoms with Gasteiger partial charge < -0.3 is 0 Å². The Balaban J connectivity index is 2.12. The Hall–Kier alpha value is -0.520. The molecule has 72 valence electrons. The number of rotatable bonds is 1. The molecule has 0 bridgehead atoms. The van der Waals surface area contributed by atoms with Crippen LogP contribution in [0.25, 0.3) is 0 Å². The van der Waals surface area contributed by atoms with E-state index in [4.69, 9.17) is 0 Å². The van der Waals surface area contributed by atoms with Crippen molar-refractivity contribution in [3.05, 3.63) is 23.8 Å². The van der Waals surface area contributed by atoms with Gasteiger partial charge in [-0.05, 0) is 43.4 Å². The van der Waals surface area contributed by atoms with Gasteiger partial charge in [-0.2, -0.15) is 0 Å². The van der Waals surface area contributed by atoms with E-state index in [1.54, 1.807) is 5.57 Å². The van der Waals surface area contributed by atoms with E-state index in [0.29, 0.717) is 0 Å². The average molecular weight is 176 g/mol. The van der Waals surface area contributed by atoms with Gasteiger partial charge in [-0.3, -0.25) is 0 Å². The highest BCUT2D eigenvalue weighted by Crippen LogP contribution is 2.38. The molecule has 0 radical (unpaired) electrons. The minimum Gasteiger partial charge on any atom is -0.0882 e. The molecule has 0 heteroatoms. The molecule has 2 aliphatic rings. The zero-order valence-electron chi connectivity index (χ0n) is 8.79. The van der Waals surface area contributed by atoms with E-state index < -0.39 is 0 Å². The summed E-state index contributed by atoms with van der Waals surface area (Å²) in [6.07, 6.45) is 12.7. The van der Waals surface area contributed by atoms with Crippen molar-refractivity contribution in [1.29, 1.82) is 0 Å². The summed E-state index contributed by atoms with van der Waals surface area (Å²) in [5.74, 6) is 2.61. The second kappa shape index (κ2) is 3.69. The van der Waals surface area contributed by atoms with Gasteiger partial charge in [0, 0.05) is 0 Å². The van der Waals surface area contributed by atoms with Crippen LogP contribution in [0.5, 0.6) is 0 Å². The molecule has 2 atom stereocenters. The monoisotopic (exact) mass is 176 g/mol. The highest BCUT2D eigenvalue weighted by Gasteiger charge is 2.25. The van der Waals surface area contributed by atoms with E-state index in [0.717, 1.165) is 17.8 Å². The van der Waals surface area contributed by atoms with Gasteiger partial charge in [-0.25, -0.2) is 0 Å². The standard InChI is InChI=1S/C13H20/c1-10(2)12-8-7-11-5-3-4-6-13(11)9-12/h3-4,9-11,13H,5-8H2,1-2H3. The Morgan fingerprint density at radius 3 is 2.77 bits per heavy atom. The Kier molecular flexibility index (Phi) is 2.57. The zero-order valence-corrected chi connectivity index (χ0v) is 8.79. The molecule has 0 saturated carbocycles. The normalized spacial score (nSPS) is 33.0. The Morgan fingerprint density at radius 2 is 2.00 bits per heavy atom. The number of allylic oxidation sites excluding steroid dienone is 4. The van der Waals surface area contributed by atoms with Gasteiger partial charge in [0.1, 0.15) is 0 Å². The maximum absolute atomic E-state index is 2.57. The van der Waals surface area contributed by atoms with Crippen LogP contribution in [0, 0.1) is 17.8 Å². The summed E-state index contributed by atoms with van der Waals surface area (Å²) >= 11 is 0. The maximum Gasteiger partial charge on any atom is -0.0165 e. The molecule has 13 heavy (non-hydrogen) atoms. The topological polar surface area (TPSA) is 0 Å². The summed E-state index contributed by atoms with van der Waals surface area (Å²) in [5, 5.41) is 0. The van der Waals surface area contributed by atoms with Gasteiger partial charge in [0.2, 0.25) is 0 Å². The molecule has 0 aliphatic heterocycles. The van der Waals surface area contributed by atoms with Gasteiger partial charge in [0.15, 0.2) is 0 Å². The van der Waals surface area contributed by atoms with E-state index in [1.165, 1.54) is 25.7 Å². The van der Waals surface area contributed by atoms with Crippen LogP contribution in [0.4, 0.5) is 0 Å². The van der Waals surface area contributed by atoms with Crippen molar-refractivity contribution in [2.45, 2.75) is 39.5 Å². The molecule has 0 aromatic heterocycles. The molecule has 0 fully saturated rings. The predicted molar refractivity (Wildman–Crippen MR) is 57.5 cm³/mol. The van der Waals surface area contributed by atoms with Crippen molar-refractivity contribution < 1.29 is 0 Å². The van der Waals surface area contributed by atoms with Gasteiger partial charge in [0.25, 0.3) is 0 Å². The summed E-state index contributed by atoms with van der Waals surface area (Å²) in [6.45, 7) is 4.65. The lowest BCUT2D eigenvalue weighted by Gasteiger charge is -2.32. The van der Waals surface area contributed by atoms with Crippen LogP contribution in [0.2, 0.25) is 0 Å². The highest BCUT2D eigenvalue weighted by atomic mass is 14.3. The molecule has 0 amide bonds. The van der Waals surface area contributed by atoms with Crippen molar-refractivity contribution in [2.75, 3.05) is 0 Å². The molecule has 0 N–H and O–H groups in total. The van der Waals surface area contributed by atoms with E-state index in [1.807, 2.05) is 0 Å². The molecular weight excluding hydrogens is 156 g/mol. The lowest BCUT2D eigenvalue weighted by molar-refractivity contribution is 0.333. The quantitative estimate of drug-likeness (QED) is 0.531. The summed E-state index contributed by atoms with van der Waals surface area (Å²) in [7, 11) is 0. The molecule has 2 rings (SSSR count). The largest absolute Gasteiger partial charge is 0.0882 e. The fraction of sp³-hybridized carbons (Fsp3) is 0.692. The molecule has 0 aromatic rings. The van der Waals surface area contributed by atoms with Gasteiger partial charge in [-0.15, -0.1) is 0 Å². The maximum atomic E-state index is 2.57. The molecule has 0 spiro atoms. The predicted octanol–water partition coefficient (Wildman–Crippen LogP) is 3.95. The third-order valence-electron chi connectivity index (χ3n) is 3.59. The molecule has 0 heterocycles. The number of hydrogen-bond acceptors (Lipinski definition) is 0. The Morgan fingerprint density at radius 1 is 1.23 bits per heavy atom. The van der Waals surface area contributed by atoms with E-state index in [2.05, 4.69) is 32.1 Å². The molecule has 2 aliphatic carbocycles. The lowest BCUT2D eigenvalue weighted by atomic mass is 9.73. The third-order valence-corrected chi connectivity index (χ3v) is 3.59. The number of hydrogen-bond donors (Lipinski definition) is 0. The van der Waals surface area contributed by atoms with Crippen LogP contribution < -0.4 is 0 Å². The fourth-order valence-corrected chi connectivity index (χ4v) is 2.62.